The monoisotopic (exact) mass is 353 g/mol. The van der Waals surface area contributed by atoms with Gasteiger partial charge in [0.15, 0.2) is 0 Å². The van der Waals surface area contributed by atoms with Crippen molar-refractivity contribution in [2.45, 2.75) is 38.1 Å². The first kappa shape index (κ1) is 16.3. The van der Waals surface area contributed by atoms with Crippen LogP contribution in [0.15, 0.2) is 22.7 Å². The highest BCUT2D eigenvalue weighted by molar-refractivity contribution is 9.10. The summed E-state index contributed by atoms with van der Waals surface area (Å²) in [6.45, 7) is 0. The minimum absolute atomic E-state index is 0.0255. The maximum Gasteiger partial charge on any atom is 0.229 e. The molecule has 116 valence electrons. The number of anilines is 2. The maximum atomic E-state index is 12.6. The number of hydrogen-bond donors (Lipinski definition) is 2. The lowest BCUT2D eigenvalue weighted by atomic mass is 9.94. The van der Waals surface area contributed by atoms with Crippen molar-refractivity contribution in [2.24, 2.45) is 11.7 Å². The standard InChI is InChI=1S/C16H24BrN3O/c1-20(2)15-9-8-11(17)10-14(15)19-16(21)12-6-4-3-5-7-13(12)18/h8-10,12-13H,3-7,18H2,1-2H3,(H,19,21). The van der Waals surface area contributed by atoms with Gasteiger partial charge in [-0.3, -0.25) is 4.79 Å². The second-order valence-corrected chi connectivity index (χ2v) is 6.87. The highest BCUT2D eigenvalue weighted by Crippen LogP contribution is 2.30. The fourth-order valence-corrected chi connectivity index (χ4v) is 3.25. The van der Waals surface area contributed by atoms with E-state index < -0.39 is 0 Å². The molecule has 1 amide bonds. The Balaban J connectivity index is 2.16. The summed E-state index contributed by atoms with van der Waals surface area (Å²) in [6, 6.07) is 5.88. The number of benzene rings is 1. The van der Waals surface area contributed by atoms with E-state index in [1.54, 1.807) is 0 Å². The first-order chi connectivity index (χ1) is 9.99. The molecule has 0 heterocycles. The lowest BCUT2D eigenvalue weighted by molar-refractivity contribution is -0.120. The largest absolute Gasteiger partial charge is 0.376 e. The van der Waals surface area contributed by atoms with Crippen LogP contribution in [0.2, 0.25) is 0 Å². The zero-order valence-electron chi connectivity index (χ0n) is 12.7. The summed E-state index contributed by atoms with van der Waals surface area (Å²) in [6.07, 6.45) is 5.22. The second kappa shape index (κ2) is 7.27. The van der Waals surface area contributed by atoms with Crippen molar-refractivity contribution in [3.63, 3.8) is 0 Å². The quantitative estimate of drug-likeness (QED) is 0.819. The van der Waals surface area contributed by atoms with Crippen LogP contribution in [-0.4, -0.2) is 26.0 Å². The van der Waals surface area contributed by atoms with E-state index in [0.29, 0.717) is 0 Å². The Bertz CT molecular complexity index is 504. The van der Waals surface area contributed by atoms with Gasteiger partial charge >= 0.3 is 0 Å². The number of hydrogen-bond acceptors (Lipinski definition) is 3. The molecule has 1 fully saturated rings. The van der Waals surface area contributed by atoms with Crippen LogP contribution in [0.25, 0.3) is 0 Å². The number of carbonyl (C=O) groups excluding carboxylic acids is 1. The van der Waals surface area contributed by atoms with Crippen LogP contribution in [0.4, 0.5) is 11.4 Å². The van der Waals surface area contributed by atoms with Gasteiger partial charge in [0.2, 0.25) is 5.91 Å². The molecule has 0 bridgehead atoms. The smallest absolute Gasteiger partial charge is 0.229 e. The van der Waals surface area contributed by atoms with Gasteiger partial charge < -0.3 is 16.0 Å². The van der Waals surface area contributed by atoms with E-state index in [0.717, 1.165) is 41.5 Å². The lowest BCUT2D eigenvalue weighted by Crippen LogP contribution is -2.38. The van der Waals surface area contributed by atoms with E-state index in [1.807, 2.05) is 37.2 Å². The number of nitrogens with zero attached hydrogens (tertiary/aromatic N) is 1. The van der Waals surface area contributed by atoms with Gasteiger partial charge in [-0.15, -0.1) is 0 Å². The molecule has 1 aromatic carbocycles. The van der Waals surface area contributed by atoms with Crippen LogP contribution in [0, 0.1) is 5.92 Å². The summed E-state index contributed by atoms with van der Waals surface area (Å²) in [5.41, 5.74) is 8.00. The molecular formula is C16H24BrN3O. The van der Waals surface area contributed by atoms with Gasteiger partial charge in [-0.25, -0.2) is 0 Å². The van der Waals surface area contributed by atoms with Gasteiger partial charge in [0.25, 0.3) is 0 Å². The molecule has 2 unspecified atom stereocenters. The Hall–Kier alpha value is -1.07. The predicted octanol–water partition coefficient (Wildman–Crippen LogP) is 3.36. The van der Waals surface area contributed by atoms with Gasteiger partial charge in [-0.2, -0.15) is 0 Å². The Morgan fingerprint density at radius 2 is 2.00 bits per heavy atom. The molecule has 0 radical (unpaired) electrons. The van der Waals surface area contributed by atoms with Crippen LogP contribution in [0.5, 0.6) is 0 Å². The molecule has 1 aliphatic rings. The summed E-state index contributed by atoms with van der Waals surface area (Å²) in [4.78, 5) is 14.6. The molecule has 0 aliphatic heterocycles. The van der Waals surface area contributed by atoms with Crippen molar-refractivity contribution >= 4 is 33.2 Å². The van der Waals surface area contributed by atoms with Gasteiger partial charge in [0.05, 0.1) is 17.3 Å². The zero-order valence-corrected chi connectivity index (χ0v) is 14.3. The number of nitrogens with two attached hydrogens (primary N) is 1. The highest BCUT2D eigenvalue weighted by Gasteiger charge is 2.27. The number of nitrogens with one attached hydrogen (secondary N) is 1. The molecule has 2 rings (SSSR count). The van der Waals surface area contributed by atoms with Crippen molar-refractivity contribution < 1.29 is 4.79 Å². The van der Waals surface area contributed by atoms with Gasteiger partial charge in [0.1, 0.15) is 0 Å². The van der Waals surface area contributed by atoms with Gasteiger partial charge in [0, 0.05) is 24.6 Å². The highest BCUT2D eigenvalue weighted by atomic mass is 79.9. The Labute approximate surface area is 135 Å². The number of carbonyl (C=O) groups is 1. The summed E-state index contributed by atoms with van der Waals surface area (Å²) in [7, 11) is 3.94. The third-order valence-corrected chi connectivity index (χ3v) is 4.60. The third kappa shape index (κ3) is 4.20. The van der Waals surface area contributed by atoms with E-state index in [1.165, 1.54) is 6.42 Å². The first-order valence-electron chi connectivity index (χ1n) is 7.52. The van der Waals surface area contributed by atoms with Crippen LogP contribution < -0.4 is 16.0 Å². The number of amides is 1. The Morgan fingerprint density at radius 3 is 2.71 bits per heavy atom. The summed E-state index contributed by atoms with van der Waals surface area (Å²) >= 11 is 3.46. The minimum Gasteiger partial charge on any atom is -0.376 e. The zero-order chi connectivity index (χ0) is 15.4. The lowest BCUT2D eigenvalue weighted by Gasteiger charge is -2.23. The molecule has 0 spiro atoms. The van der Waals surface area contributed by atoms with E-state index in [9.17, 15) is 4.79 Å². The molecular weight excluding hydrogens is 330 g/mol. The molecule has 0 aromatic heterocycles. The molecule has 4 nitrogen and oxygen atoms in total. The van der Waals surface area contributed by atoms with Crippen LogP contribution >= 0.6 is 15.9 Å². The SMILES string of the molecule is CN(C)c1ccc(Br)cc1NC(=O)C1CCCCCC1N. The fraction of sp³-hybridized carbons (Fsp3) is 0.562. The van der Waals surface area contributed by atoms with Crippen molar-refractivity contribution in [3.8, 4) is 0 Å². The van der Waals surface area contributed by atoms with Crippen molar-refractivity contribution in [3.05, 3.63) is 22.7 Å². The normalized spacial score (nSPS) is 22.5. The average molecular weight is 354 g/mol. The van der Waals surface area contributed by atoms with Crippen molar-refractivity contribution in [1.82, 2.24) is 0 Å². The van der Waals surface area contributed by atoms with E-state index in [2.05, 4.69) is 21.2 Å². The van der Waals surface area contributed by atoms with Crippen LogP contribution in [0.1, 0.15) is 32.1 Å². The summed E-state index contributed by atoms with van der Waals surface area (Å²) in [5.74, 6) is -0.0351. The summed E-state index contributed by atoms with van der Waals surface area (Å²) < 4.78 is 0.952. The molecule has 5 heteroatoms. The van der Waals surface area contributed by atoms with Crippen LogP contribution in [-0.2, 0) is 4.79 Å². The molecule has 3 N–H and O–H groups in total. The Kier molecular flexibility index (Phi) is 5.65. The summed E-state index contributed by atoms with van der Waals surface area (Å²) in [5, 5.41) is 3.07. The van der Waals surface area contributed by atoms with E-state index in [-0.39, 0.29) is 17.9 Å². The molecule has 1 aromatic rings. The van der Waals surface area contributed by atoms with Crippen molar-refractivity contribution in [2.75, 3.05) is 24.3 Å². The topological polar surface area (TPSA) is 58.4 Å². The number of halogens is 1. The van der Waals surface area contributed by atoms with Gasteiger partial charge in [-0.05, 0) is 31.0 Å². The van der Waals surface area contributed by atoms with Gasteiger partial charge in [-0.1, -0.05) is 35.2 Å². The fourth-order valence-electron chi connectivity index (χ4n) is 2.89. The second-order valence-electron chi connectivity index (χ2n) is 5.95. The third-order valence-electron chi connectivity index (χ3n) is 4.10. The average Bonchev–Trinajstić information content (AvgIpc) is 2.63. The van der Waals surface area contributed by atoms with Crippen LogP contribution in [0.3, 0.4) is 0 Å². The van der Waals surface area contributed by atoms with Crippen molar-refractivity contribution in [1.29, 1.82) is 0 Å². The first-order valence-corrected chi connectivity index (χ1v) is 8.31. The molecule has 2 atom stereocenters. The predicted molar refractivity (Wildman–Crippen MR) is 91.6 cm³/mol. The molecule has 21 heavy (non-hydrogen) atoms. The Morgan fingerprint density at radius 1 is 1.29 bits per heavy atom. The molecule has 0 saturated heterocycles. The maximum absolute atomic E-state index is 12.6. The van der Waals surface area contributed by atoms with E-state index >= 15 is 0 Å². The molecule has 1 saturated carbocycles. The molecule has 1 aliphatic carbocycles. The minimum atomic E-state index is -0.0820. The number of rotatable bonds is 3. The van der Waals surface area contributed by atoms with E-state index in [4.69, 9.17) is 5.73 Å².